The molecule has 2 atom stereocenters. The van der Waals surface area contributed by atoms with E-state index in [0.717, 1.165) is 13.0 Å². The molecular weight excluding hydrogens is 204 g/mol. The van der Waals surface area contributed by atoms with Crippen molar-refractivity contribution in [2.45, 2.75) is 44.7 Å². The third kappa shape index (κ3) is 3.76. The fourth-order valence-electron chi connectivity index (χ4n) is 2.50. The highest BCUT2D eigenvalue weighted by Gasteiger charge is 2.25. The lowest BCUT2D eigenvalue weighted by molar-refractivity contribution is -0.138. The van der Waals surface area contributed by atoms with E-state index >= 15 is 0 Å². The van der Waals surface area contributed by atoms with Gasteiger partial charge in [0, 0.05) is 18.6 Å². The van der Waals surface area contributed by atoms with Crippen LogP contribution < -0.4 is 0 Å². The van der Waals surface area contributed by atoms with Crippen LogP contribution in [0.2, 0.25) is 0 Å². The highest BCUT2D eigenvalue weighted by Crippen LogP contribution is 2.17. The molecule has 0 bridgehead atoms. The minimum atomic E-state index is -0.696. The number of carbonyl (C=O) groups is 1. The number of nitrogens with zero attached hydrogens (tertiary/aromatic N) is 2. The molecule has 0 aromatic rings. The Morgan fingerprint density at radius 3 is 2.75 bits per heavy atom. The zero-order chi connectivity index (χ0) is 12.1. The van der Waals surface area contributed by atoms with Gasteiger partial charge in [0.05, 0.1) is 6.42 Å². The van der Waals surface area contributed by atoms with Gasteiger partial charge in [0.2, 0.25) is 0 Å². The number of aliphatic carboxylic acids is 1. The van der Waals surface area contributed by atoms with Crippen LogP contribution >= 0.6 is 0 Å². The molecule has 1 N–H and O–H groups in total. The second-order valence-corrected chi connectivity index (χ2v) is 4.88. The van der Waals surface area contributed by atoms with Crippen LogP contribution in [0.3, 0.4) is 0 Å². The van der Waals surface area contributed by atoms with E-state index in [1.807, 2.05) is 7.05 Å². The van der Waals surface area contributed by atoms with Crippen LogP contribution in [0.1, 0.15) is 32.6 Å². The summed E-state index contributed by atoms with van der Waals surface area (Å²) in [5.41, 5.74) is 0. The van der Waals surface area contributed by atoms with Crippen molar-refractivity contribution in [1.29, 1.82) is 0 Å². The van der Waals surface area contributed by atoms with Gasteiger partial charge in [-0.25, -0.2) is 0 Å². The minimum absolute atomic E-state index is 0.173. The van der Waals surface area contributed by atoms with Gasteiger partial charge in [0.15, 0.2) is 0 Å². The molecular formula is C12H24N2O2. The number of carboxylic acid groups (broad SMARTS) is 1. The Labute approximate surface area is 98.2 Å². The number of rotatable bonds is 6. The lowest BCUT2D eigenvalue weighted by atomic mass is 10.1. The maximum absolute atomic E-state index is 10.7. The molecule has 1 aliphatic heterocycles. The molecule has 2 unspecified atom stereocenters. The van der Waals surface area contributed by atoms with Crippen LogP contribution in [0.4, 0.5) is 0 Å². The first-order chi connectivity index (χ1) is 7.54. The molecule has 1 saturated heterocycles. The van der Waals surface area contributed by atoms with Gasteiger partial charge in [-0.2, -0.15) is 0 Å². The molecule has 0 spiro atoms. The average Bonchev–Trinajstić information content (AvgIpc) is 2.60. The van der Waals surface area contributed by atoms with Gasteiger partial charge in [0.1, 0.15) is 0 Å². The van der Waals surface area contributed by atoms with Crippen LogP contribution in [0.15, 0.2) is 0 Å². The maximum Gasteiger partial charge on any atom is 0.304 e. The summed E-state index contributed by atoms with van der Waals surface area (Å²) in [6.45, 7) is 4.22. The smallest absolute Gasteiger partial charge is 0.304 e. The SMILES string of the molecule is CCC(CC(=O)O)N(C)CC1CCCN1C. The summed E-state index contributed by atoms with van der Waals surface area (Å²) in [6, 6.07) is 0.777. The normalized spacial score (nSPS) is 23.9. The third-order valence-corrected chi connectivity index (χ3v) is 3.68. The van der Waals surface area contributed by atoms with Crippen LogP contribution in [0, 0.1) is 0 Å². The van der Waals surface area contributed by atoms with Gasteiger partial charge >= 0.3 is 5.97 Å². The molecule has 94 valence electrons. The quantitative estimate of drug-likeness (QED) is 0.743. The molecule has 0 aromatic carbocycles. The van der Waals surface area contributed by atoms with Crippen LogP contribution in [0.25, 0.3) is 0 Å². The number of carboxylic acids is 1. The maximum atomic E-state index is 10.7. The Hall–Kier alpha value is -0.610. The summed E-state index contributed by atoms with van der Waals surface area (Å²) in [4.78, 5) is 15.3. The van der Waals surface area contributed by atoms with Crippen molar-refractivity contribution in [2.75, 3.05) is 27.2 Å². The molecule has 1 heterocycles. The number of likely N-dealkylation sites (N-methyl/N-ethyl adjacent to an activating group) is 2. The van der Waals surface area contributed by atoms with E-state index in [9.17, 15) is 4.79 Å². The summed E-state index contributed by atoms with van der Waals surface area (Å²) in [7, 11) is 4.20. The van der Waals surface area contributed by atoms with Crippen molar-refractivity contribution in [2.24, 2.45) is 0 Å². The molecule has 1 fully saturated rings. The van der Waals surface area contributed by atoms with Gasteiger partial charge in [-0.1, -0.05) is 6.92 Å². The van der Waals surface area contributed by atoms with Crippen molar-refractivity contribution in [1.82, 2.24) is 9.80 Å². The predicted molar refractivity (Wildman–Crippen MR) is 64.6 cm³/mol. The number of hydrogen-bond donors (Lipinski definition) is 1. The molecule has 1 aliphatic rings. The zero-order valence-corrected chi connectivity index (χ0v) is 10.6. The van der Waals surface area contributed by atoms with Crippen LogP contribution in [0.5, 0.6) is 0 Å². The average molecular weight is 228 g/mol. The Kier molecular flexibility index (Phi) is 5.22. The monoisotopic (exact) mass is 228 g/mol. The fourth-order valence-corrected chi connectivity index (χ4v) is 2.50. The molecule has 0 aromatic heterocycles. The molecule has 4 heteroatoms. The standard InChI is InChI=1S/C12H24N2O2/c1-4-10(8-12(15)16)14(3)9-11-6-5-7-13(11)2/h10-11H,4-9H2,1-3H3,(H,15,16). The molecule has 0 aliphatic carbocycles. The highest BCUT2D eigenvalue weighted by molar-refractivity contribution is 5.67. The van der Waals surface area contributed by atoms with Crippen LogP contribution in [-0.4, -0.2) is 60.1 Å². The van der Waals surface area contributed by atoms with Crippen molar-refractivity contribution in [3.63, 3.8) is 0 Å². The van der Waals surface area contributed by atoms with E-state index in [-0.39, 0.29) is 12.5 Å². The number of likely N-dealkylation sites (tertiary alicyclic amines) is 1. The molecule has 0 saturated carbocycles. The van der Waals surface area contributed by atoms with E-state index in [0.29, 0.717) is 6.04 Å². The molecule has 0 amide bonds. The second-order valence-electron chi connectivity index (χ2n) is 4.88. The van der Waals surface area contributed by atoms with Crippen molar-refractivity contribution >= 4 is 5.97 Å². The molecule has 0 radical (unpaired) electrons. The Morgan fingerprint density at radius 1 is 1.62 bits per heavy atom. The summed E-state index contributed by atoms with van der Waals surface area (Å²) in [6.07, 6.45) is 3.66. The van der Waals surface area contributed by atoms with Crippen molar-refractivity contribution < 1.29 is 9.90 Å². The highest BCUT2D eigenvalue weighted by atomic mass is 16.4. The van der Waals surface area contributed by atoms with Gasteiger partial charge in [-0.15, -0.1) is 0 Å². The lowest BCUT2D eigenvalue weighted by Gasteiger charge is -2.31. The fraction of sp³-hybridized carbons (Fsp3) is 0.917. The molecule has 1 rings (SSSR count). The van der Waals surface area contributed by atoms with Crippen molar-refractivity contribution in [3.05, 3.63) is 0 Å². The lowest BCUT2D eigenvalue weighted by Crippen LogP contribution is -2.42. The van der Waals surface area contributed by atoms with Gasteiger partial charge in [-0.05, 0) is 39.9 Å². The largest absolute Gasteiger partial charge is 0.481 e. The summed E-state index contributed by atoms with van der Waals surface area (Å²) in [5, 5.41) is 8.84. The Morgan fingerprint density at radius 2 is 2.31 bits per heavy atom. The second kappa shape index (κ2) is 6.21. The first kappa shape index (κ1) is 13.5. The van der Waals surface area contributed by atoms with E-state index in [1.54, 1.807) is 0 Å². The molecule has 16 heavy (non-hydrogen) atoms. The summed E-state index contributed by atoms with van der Waals surface area (Å²) >= 11 is 0. The first-order valence-electron chi connectivity index (χ1n) is 6.16. The van der Waals surface area contributed by atoms with Crippen molar-refractivity contribution in [3.8, 4) is 0 Å². The number of hydrogen-bond acceptors (Lipinski definition) is 3. The van der Waals surface area contributed by atoms with E-state index < -0.39 is 5.97 Å². The minimum Gasteiger partial charge on any atom is -0.481 e. The van der Waals surface area contributed by atoms with Crippen LogP contribution in [-0.2, 0) is 4.79 Å². The molecule has 4 nitrogen and oxygen atoms in total. The summed E-state index contributed by atoms with van der Waals surface area (Å²) in [5.74, 6) is -0.696. The first-order valence-corrected chi connectivity index (χ1v) is 6.16. The Bertz CT molecular complexity index is 233. The van der Waals surface area contributed by atoms with E-state index in [1.165, 1.54) is 19.4 Å². The van der Waals surface area contributed by atoms with E-state index in [4.69, 9.17) is 5.11 Å². The van der Waals surface area contributed by atoms with Gasteiger partial charge < -0.3 is 14.9 Å². The van der Waals surface area contributed by atoms with E-state index in [2.05, 4.69) is 23.8 Å². The van der Waals surface area contributed by atoms with Gasteiger partial charge in [0.25, 0.3) is 0 Å². The predicted octanol–water partition coefficient (Wildman–Crippen LogP) is 1.27. The van der Waals surface area contributed by atoms with Gasteiger partial charge in [-0.3, -0.25) is 4.79 Å². The summed E-state index contributed by atoms with van der Waals surface area (Å²) < 4.78 is 0. The topological polar surface area (TPSA) is 43.8 Å². The zero-order valence-electron chi connectivity index (χ0n) is 10.6. The third-order valence-electron chi connectivity index (χ3n) is 3.68. The Balaban J connectivity index is 2.42.